The molecule has 1 saturated heterocycles. The number of likely N-dealkylation sites (tertiary alicyclic amines) is 1. The summed E-state index contributed by atoms with van der Waals surface area (Å²) < 4.78 is 0. The summed E-state index contributed by atoms with van der Waals surface area (Å²) in [5, 5.41) is 0. The minimum atomic E-state index is 0.275. The number of benzene rings is 1. The van der Waals surface area contributed by atoms with Crippen LogP contribution in [0.1, 0.15) is 50.3 Å². The van der Waals surface area contributed by atoms with E-state index >= 15 is 0 Å². The Kier molecular flexibility index (Phi) is 3.98. The molecular weight excluding hydrogens is 258 g/mol. The highest BCUT2D eigenvalue weighted by Crippen LogP contribution is 2.37. The molecule has 0 aromatic heterocycles. The van der Waals surface area contributed by atoms with Crippen LogP contribution in [0.25, 0.3) is 0 Å². The fourth-order valence-electron chi connectivity index (χ4n) is 4.16. The lowest BCUT2D eigenvalue weighted by molar-refractivity contribution is 0.119. The molecule has 1 fully saturated rings. The monoisotopic (exact) mass is 287 g/mol. The number of rotatable bonds is 3. The van der Waals surface area contributed by atoms with E-state index in [0.29, 0.717) is 12.6 Å². The van der Waals surface area contributed by atoms with Gasteiger partial charge in [-0.3, -0.25) is 4.90 Å². The zero-order chi connectivity index (χ0) is 15.0. The lowest BCUT2D eigenvalue weighted by Crippen LogP contribution is -2.43. The van der Waals surface area contributed by atoms with Gasteiger partial charge in [-0.2, -0.15) is 0 Å². The molecule has 0 bridgehead atoms. The minimum absolute atomic E-state index is 0.275. The number of fused-ring (bicyclic) bond motifs is 1. The van der Waals surface area contributed by atoms with Gasteiger partial charge < -0.3 is 10.6 Å². The second-order valence-corrected chi connectivity index (χ2v) is 7.27. The normalized spacial score (nSPS) is 23.1. The zero-order valence-electron chi connectivity index (χ0n) is 13.7. The quantitative estimate of drug-likeness (QED) is 0.928. The molecule has 2 heterocycles. The molecule has 3 heteroatoms. The van der Waals surface area contributed by atoms with Crippen molar-refractivity contribution >= 4 is 5.69 Å². The maximum Gasteiger partial charge on any atom is 0.0475 e. The summed E-state index contributed by atoms with van der Waals surface area (Å²) in [6, 6.07) is 7.37. The van der Waals surface area contributed by atoms with Gasteiger partial charge in [0.1, 0.15) is 0 Å². The lowest BCUT2D eigenvalue weighted by Gasteiger charge is -2.39. The maximum absolute atomic E-state index is 6.16. The molecule has 0 amide bonds. The standard InChI is InChI=1S/C18H29N3/c1-18(2)9-5-11-21(18)17(13-19)15-7-8-16-14(12-15)6-4-10-20(16)3/h7-8,12,17H,4-6,9-11,13,19H2,1-3H3. The van der Waals surface area contributed by atoms with E-state index in [-0.39, 0.29) is 5.54 Å². The van der Waals surface area contributed by atoms with E-state index in [1.54, 1.807) is 0 Å². The Morgan fingerprint density at radius 3 is 2.71 bits per heavy atom. The van der Waals surface area contributed by atoms with Crippen LogP contribution in [-0.2, 0) is 6.42 Å². The van der Waals surface area contributed by atoms with Gasteiger partial charge in [0.2, 0.25) is 0 Å². The molecule has 116 valence electrons. The van der Waals surface area contributed by atoms with Crippen molar-refractivity contribution in [1.82, 2.24) is 4.90 Å². The molecule has 0 radical (unpaired) electrons. The number of nitrogens with zero attached hydrogens (tertiary/aromatic N) is 2. The number of anilines is 1. The average molecular weight is 287 g/mol. The molecule has 0 aliphatic carbocycles. The summed E-state index contributed by atoms with van der Waals surface area (Å²) in [7, 11) is 2.20. The molecule has 0 spiro atoms. The number of hydrogen-bond donors (Lipinski definition) is 1. The van der Waals surface area contributed by atoms with Crippen LogP contribution in [0.3, 0.4) is 0 Å². The molecule has 0 saturated carbocycles. The molecule has 3 rings (SSSR count). The fraction of sp³-hybridized carbons (Fsp3) is 0.667. The summed E-state index contributed by atoms with van der Waals surface area (Å²) in [5.41, 5.74) is 10.7. The van der Waals surface area contributed by atoms with Crippen molar-refractivity contribution in [2.24, 2.45) is 5.73 Å². The van der Waals surface area contributed by atoms with E-state index in [2.05, 4.69) is 48.9 Å². The molecule has 2 aliphatic heterocycles. The largest absolute Gasteiger partial charge is 0.374 e. The first kappa shape index (κ1) is 14.9. The molecule has 2 N–H and O–H groups in total. The van der Waals surface area contributed by atoms with E-state index in [9.17, 15) is 0 Å². The second kappa shape index (κ2) is 5.62. The molecular formula is C18H29N3. The number of aryl methyl sites for hydroxylation is 1. The van der Waals surface area contributed by atoms with Crippen molar-refractivity contribution in [3.05, 3.63) is 29.3 Å². The average Bonchev–Trinajstić information content (AvgIpc) is 2.80. The van der Waals surface area contributed by atoms with Crippen molar-refractivity contribution in [3.63, 3.8) is 0 Å². The van der Waals surface area contributed by atoms with Crippen LogP contribution < -0.4 is 10.6 Å². The Morgan fingerprint density at radius 1 is 1.24 bits per heavy atom. The van der Waals surface area contributed by atoms with Crippen molar-refractivity contribution in [2.75, 3.05) is 31.6 Å². The van der Waals surface area contributed by atoms with Gasteiger partial charge in [-0.05, 0) is 63.3 Å². The van der Waals surface area contributed by atoms with Crippen LogP contribution in [0.5, 0.6) is 0 Å². The Bertz CT molecular complexity index is 509. The van der Waals surface area contributed by atoms with Crippen molar-refractivity contribution in [3.8, 4) is 0 Å². The molecule has 1 aromatic carbocycles. The summed E-state index contributed by atoms with van der Waals surface area (Å²) in [6.07, 6.45) is 5.03. The van der Waals surface area contributed by atoms with E-state index in [0.717, 1.165) is 0 Å². The van der Waals surface area contributed by atoms with Gasteiger partial charge in [-0.25, -0.2) is 0 Å². The van der Waals surface area contributed by atoms with Gasteiger partial charge in [0.05, 0.1) is 0 Å². The summed E-state index contributed by atoms with van der Waals surface area (Å²) >= 11 is 0. The van der Waals surface area contributed by atoms with Crippen LogP contribution in [0.2, 0.25) is 0 Å². The van der Waals surface area contributed by atoms with Gasteiger partial charge in [0.15, 0.2) is 0 Å². The zero-order valence-corrected chi connectivity index (χ0v) is 13.7. The number of nitrogens with two attached hydrogens (primary N) is 1. The minimum Gasteiger partial charge on any atom is -0.374 e. The molecule has 2 aliphatic rings. The first-order chi connectivity index (χ1) is 10.0. The smallest absolute Gasteiger partial charge is 0.0475 e. The molecule has 1 atom stereocenters. The summed E-state index contributed by atoms with van der Waals surface area (Å²) in [6.45, 7) is 7.76. The Hall–Kier alpha value is -1.06. The van der Waals surface area contributed by atoms with Gasteiger partial charge in [0, 0.05) is 37.4 Å². The van der Waals surface area contributed by atoms with E-state index < -0.39 is 0 Å². The highest BCUT2D eigenvalue weighted by atomic mass is 15.2. The van der Waals surface area contributed by atoms with Crippen LogP contribution in [0.4, 0.5) is 5.69 Å². The predicted octanol–water partition coefficient (Wildman–Crippen LogP) is 2.94. The Balaban J connectivity index is 1.91. The highest BCUT2D eigenvalue weighted by molar-refractivity contribution is 5.56. The van der Waals surface area contributed by atoms with E-state index in [1.807, 2.05) is 0 Å². The topological polar surface area (TPSA) is 32.5 Å². The molecule has 3 nitrogen and oxygen atoms in total. The Labute approximate surface area is 129 Å². The Morgan fingerprint density at radius 2 is 2.05 bits per heavy atom. The van der Waals surface area contributed by atoms with Crippen molar-refractivity contribution in [2.45, 2.75) is 51.1 Å². The third kappa shape index (κ3) is 2.69. The van der Waals surface area contributed by atoms with E-state index in [1.165, 1.54) is 55.6 Å². The second-order valence-electron chi connectivity index (χ2n) is 7.27. The van der Waals surface area contributed by atoms with Gasteiger partial charge in [0.25, 0.3) is 0 Å². The fourth-order valence-corrected chi connectivity index (χ4v) is 4.16. The highest BCUT2D eigenvalue weighted by Gasteiger charge is 2.36. The lowest BCUT2D eigenvalue weighted by atomic mass is 9.93. The van der Waals surface area contributed by atoms with Crippen LogP contribution in [0.15, 0.2) is 18.2 Å². The van der Waals surface area contributed by atoms with Crippen LogP contribution in [0, 0.1) is 0 Å². The SMILES string of the molecule is CN1CCCc2cc(C(CN)N3CCCC3(C)C)ccc21. The van der Waals surface area contributed by atoms with Gasteiger partial charge in [-0.1, -0.05) is 12.1 Å². The van der Waals surface area contributed by atoms with Gasteiger partial charge >= 0.3 is 0 Å². The molecule has 1 aromatic rings. The number of hydrogen-bond acceptors (Lipinski definition) is 3. The first-order valence-corrected chi connectivity index (χ1v) is 8.34. The molecule has 21 heavy (non-hydrogen) atoms. The van der Waals surface area contributed by atoms with Gasteiger partial charge in [-0.15, -0.1) is 0 Å². The first-order valence-electron chi connectivity index (χ1n) is 8.34. The third-order valence-corrected chi connectivity index (χ3v) is 5.40. The van der Waals surface area contributed by atoms with Crippen molar-refractivity contribution in [1.29, 1.82) is 0 Å². The maximum atomic E-state index is 6.16. The summed E-state index contributed by atoms with van der Waals surface area (Å²) in [5.74, 6) is 0. The molecule has 1 unspecified atom stereocenters. The summed E-state index contributed by atoms with van der Waals surface area (Å²) in [4.78, 5) is 4.99. The van der Waals surface area contributed by atoms with Crippen molar-refractivity contribution < 1.29 is 0 Å². The van der Waals surface area contributed by atoms with Crippen LogP contribution >= 0.6 is 0 Å². The van der Waals surface area contributed by atoms with E-state index in [4.69, 9.17) is 5.73 Å². The predicted molar refractivity (Wildman–Crippen MR) is 89.8 cm³/mol. The van der Waals surface area contributed by atoms with Crippen LogP contribution in [-0.4, -0.2) is 37.1 Å². The third-order valence-electron chi connectivity index (χ3n) is 5.40.